The molecule has 3 aromatic rings. The Morgan fingerprint density at radius 1 is 0.844 bits per heavy atom. The third-order valence-electron chi connectivity index (χ3n) is 5.52. The van der Waals surface area contributed by atoms with Crippen LogP contribution in [0, 0.1) is 20.8 Å². The van der Waals surface area contributed by atoms with Crippen LogP contribution in [0.25, 0.3) is 0 Å². The van der Waals surface area contributed by atoms with E-state index in [1.54, 1.807) is 13.0 Å². The number of hydrogen-bond acceptors (Lipinski definition) is 3. The summed E-state index contributed by atoms with van der Waals surface area (Å²) in [5.41, 5.74) is 5.21. The van der Waals surface area contributed by atoms with Crippen LogP contribution in [0.3, 0.4) is 0 Å². The van der Waals surface area contributed by atoms with Gasteiger partial charge in [0.2, 0.25) is 15.9 Å². The molecule has 0 heterocycles. The van der Waals surface area contributed by atoms with E-state index >= 15 is 0 Å². The largest absolute Gasteiger partial charge is 0.343 e. The number of nitrogens with zero attached hydrogens (tertiary/aromatic N) is 1. The molecule has 0 bridgehead atoms. The van der Waals surface area contributed by atoms with Gasteiger partial charge < -0.3 is 5.32 Å². The van der Waals surface area contributed by atoms with Crippen molar-refractivity contribution in [3.8, 4) is 0 Å². The van der Waals surface area contributed by atoms with Crippen molar-refractivity contribution in [3.05, 3.63) is 101 Å². The van der Waals surface area contributed by atoms with E-state index in [4.69, 9.17) is 0 Å². The van der Waals surface area contributed by atoms with Crippen molar-refractivity contribution >= 4 is 21.6 Å². The summed E-state index contributed by atoms with van der Waals surface area (Å²) < 4.78 is 26.7. The van der Waals surface area contributed by atoms with Gasteiger partial charge in [0, 0.05) is 0 Å². The summed E-state index contributed by atoms with van der Waals surface area (Å²) in [5, 5.41) is 3.08. The molecule has 0 saturated carbocycles. The first-order valence-electron chi connectivity index (χ1n) is 10.6. The molecule has 3 aromatic carbocycles. The van der Waals surface area contributed by atoms with Crippen molar-refractivity contribution < 1.29 is 13.2 Å². The lowest BCUT2D eigenvalue weighted by molar-refractivity contribution is -0.122. The second-order valence-electron chi connectivity index (χ2n) is 8.29. The summed E-state index contributed by atoms with van der Waals surface area (Å²) >= 11 is 0. The lowest BCUT2D eigenvalue weighted by atomic mass is 9.97. The molecule has 168 valence electrons. The predicted molar refractivity (Wildman–Crippen MR) is 130 cm³/mol. The lowest BCUT2D eigenvalue weighted by Crippen LogP contribution is -2.49. The maximum atomic E-state index is 13.4. The second-order valence-corrected chi connectivity index (χ2v) is 10.1. The van der Waals surface area contributed by atoms with Gasteiger partial charge >= 0.3 is 0 Å². The minimum absolute atomic E-state index is 0.370. The van der Waals surface area contributed by atoms with Crippen LogP contribution in [0.15, 0.2) is 72.8 Å². The van der Waals surface area contributed by atoms with Crippen molar-refractivity contribution in [2.45, 2.75) is 39.8 Å². The van der Waals surface area contributed by atoms with E-state index in [9.17, 15) is 13.2 Å². The lowest BCUT2D eigenvalue weighted by Gasteiger charge is -2.31. The van der Waals surface area contributed by atoms with E-state index in [0.29, 0.717) is 5.69 Å². The number of anilines is 1. The molecule has 0 saturated heterocycles. The number of carbonyl (C=O) groups excluding carboxylic acids is 1. The summed E-state index contributed by atoms with van der Waals surface area (Å²) in [6.07, 6.45) is 1.13. The fraction of sp³-hybridized carbons (Fsp3) is 0.269. The van der Waals surface area contributed by atoms with Gasteiger partial charge in [-0.05, 0) is 56.0 Å². The van der Waals surface area contributed by atoms with Gasteiger partial charge in [-0.3, -0.25) is 9.10 Å². The van der Waals surface area contributed by atoms with Crippen LogP contribution in [0.1, 0.15) is 40.8 Å². The number of aryl methyl sites for hydroxylation is 3. The normalized spacial score (nSPS) is 13.3. The Morgan fingerprint density at radius 3 is 2.00 bits per heavy atom. The highest BCUT2D eigenvalue weighted by atomic mass is 32.2. The summed E-state index contributed by atoms with van der Waals surface area (Å²) in [6.45, 7) is 7.37. The van der Waals surface area contributed by atoms with Gasteiger partial charge in [0.1, 0.15) is 6.04 Å². The summed E-state index contributed by atoms with van der Waals surface area (Å²) in [5.74, 6) is -0.370. The van der Waals surface area contributed by atoms with Crippen LogP contribution in [-0.2, 0) is 14.8 Å². The van der Waals surface area contributed by atoms with E-state index in [-0.39, 0.29) is 5.91 Å². The second kappa shape index (κ2) is 9.57. The zero-order valence-corrected chi connectivity index (χ0v) is 20.0. The zero-order chi connectivity index (χ0) is 23.5. The molecule has 1 amide bonds. The minimum Gasteiger partial charge on any atom is -0.343 e. The first-order valence-corrected chi connectivity index (χ1v) is 12.4. The number of rotatable bonds is 7. The predicted octanol–water partition coefficient (Wildman–Crippen LogP) is 4.67. The molecular weight excluding hydrogens is 420 g/mol. The molecule has 0 aliphatic carbocycles. The zero-order valence-electron chi connectivity index (χ0n) is 19.2. The molecule has 1 N–H and O–H groups in total. The van der Waals surface area contributed by atoms with Crippen molar-refractivity contribution in [2.24, 2.45) is 0 Å². The average Bonchev–Trinajstić information content (AvgIpc) is 2.75. The van der Waals surface area contributed by atoms with E-state index in [1.165, 1.54) is 4.31 Å². The third kappa shape index (κ3) is 5.37. The fourth-order valence-corrected chi connectivity index (χ4v) is 4.99. The van der Waals surface area contributed by atoms with E-state index < -0.39 is 22.1 Å². The number of benzene rings is 3. The summed E-state index contributed by atoms with van der Waals surface area (Å²) in [7, 11) is -3.70. The van der Waals surface area contributed by atoms with Crippen molar-refractivity contribution in [3.63, 3.8) is 0 Å². The first kappa shape index (κ1) is 23.5. The molecular formula is C26H30N2O3S. The first-order chi connectivity index (χ1) is 15.1. The SMILES string of the molecule is Cc1ccc([C@H](NC(=O)[C@@H](C)N(c2cc(C)ccc2C)S(C)(=O)=O)c2ccccc2)cc1. The van der Waals surface area contributed by atoms with Gasteiger partial charge in [-0.2, -0.15) is 0 Å². The molecule has 32 heavy (non-hydrogen) atoms. The van der Waals surface area contributed by atoms with Gasteiger partial charge in [0.25, 0.3) is 0 Å². The minimum atomic E-state index is -3.70. The van der Waals surface area contributed by atoms with Crippen LogP contribution < -0.4 is 9.62 Å². The highest BCUT2D eigenvalue weighted by Crippen LogP contribution is 2.28. The number of nitrogens with one attached hydrogen (secondary N) is 1. The van der Waals surface area contributed by atoms with Crippen LogP contribution >= 0.6 is 0 Å². The van der Waals surface area contributed by atoms with Gasteiger partial charge in [0.05, 0.1) is 18.0 Å². The topological polar surface area (TPSA) is 66.5 Å². The molecule has 0 aromatic heterocycles. The Balaban J connectivity index is 1.98. The smallest absolute Gasteiger partial charge is 0.244 e. The van der Waals surface area contributed by atoms with Crippen molar-refractivity contribution in [1.82, 2.24) is 5.32 Å². The Bertz CT molecular complexity index is 1190. The molecule has 0 aliphatic rings. The molecule has 0 aliphatic heterocycles. The number of sulfonamides is 1. The number of amides is 1. The molecule has 0 fully saturated rings. The van der Waals surface area contributed by atoms with E-state index in [0.717, 1.165) is 34.1 Å². The van der Waals surface area contributed by atoms with Crippen LogP contribution in [-0.4, -0.2) is 26.6 Å². The summed E-state index contributed by atoms with van der Waals surface area (Å²) in [4.78, 5) is 13.4. The van der Waals surface area contributed by atoms with E-state index in [2.05, 4.69) is 5.32 Å². The molecule has 6 heteroatoms. The Hall–Kier alpha value is -3.12. The average molecular weight is 451 g/mol. The van der Waals surface area contributed by atoms with Crippen LogP contribution in [0.4, 0.5) is 5.69 Å². The summed E-state index contributed by atoms with van der Waals surface area (Å²) in [6, 6.07) is 21.9. The maximum Gasteiger partial charge on any atom is 0.244 e. The Kier molecular flexibility index (Phi) is 7.04. The van der Waals surface area contributed by atoms with Crippen molar-refractivity contribution in [1.29, 1.82) is 0 Å². The Labute approximate surface area is 191 Å². The highest BCUT2D eigenvalue weighted by molar-refractivity contribution is 7.92. The van der Waals surface area contributed by atoms with E-state index in [1.807, 2.05) is 87.5 Å². The molecule has 5 nitrogen and oxygen atoms in total. The molecule has 0 spiro atoms. The monoisotopic (exact) mass is 450 g/mol. The number of carbonyl (C=O) groups is 1. The molecule has 0 unspecified atom stereocenters. The van der Waals surface area contributed by atoms with Gasteiger partial charge in [-0.15, -0.1) is 0 Å². The van der Waals surface area contributed by atoms with Gasteiger partial charge in [-0.25, -0.2) is 8.42 Å². The fourth-order valence-electron chi connectivity index (χ4n) is 3.76. The quantitative estimate of drug-likeness (QED) is 0.569. The molecule has 0 radical (unpaired) electrons. The highest BCUT2D eigenvalue weighted by Gasteiger charge is 2.31. The Morgan fingerprint density at radius 2 is 1.41 bits per heavy atom. The maximum absolute atomic E-state index is 13.4. The molecule has 3 rings (SSSR count). The number of hydrogen-bond donors (Lipinski definition) is 1. The van der Waals surface area contributed by atoms with Crippen LogP contribution in [0.5, 0.6) is 0 Å². The van der Waals surface area contributed by atoms with Gasteiger partial charge in [-0.1, -0.05) is 72.3 Å². The van der Waals surface area contributed by atoms with Gasteiger partial charge in [0.15, 0.2) is 0 Å². The standard InChI is InChI=1S/C26H30N2O3S/c1-18-12-15-23(16-13-18)25(22-9-7-6-8-10-22)27-26(29)21(4)28(32(5,30)31)24-17-19(2)11-14-20(24)3/h6-17,21,25H,1-5H3,(H,27,29)/t21-,25-/m1/s1. The van der Waals surface area contributed by atoms with Crippen molar-refractivity contribution in [2.75, 3.05) is 10.6 Å². The third-order valence-corrected chi connectivity index (χ3v) is 6.75. The molecule has 2 atom stereocenters. The van der Waals surface area contributed by atoms with Crippen LogP contribution in [0.2, 0.25) is 0 Å².